The highest BCUT2D eigenvalue weighted by Gasteiger charge is 2.09. The topological polar surface area (TPSA) is 64.1 Å². The van der Waals surface area contributed by atoms with Gasteiger partial charge in [0.2, 0.25) is 5.89 Å². The maximum absolute atomic E-state index is 5.43. The molecule has 0 aromatic carbocycles. The van der Waals surface area contributed by atoms with Crippen molar-refractivity contribution < 1.29 is 8.83 Å². The largest absolute Gasteiger partial charge is 0.459 e. The number of hydrogen-bond acceptors (Lipinski definition) is 5. The van der Waals surface area contributed by atoms with E-state index in [2.05, 4.69) is 15.5 Å². The normalized spacial score (nSPS) is 10.7. The van der Waals surface area contributed by atoms with Gasteiger partial charge in [-0.05, 0) is 32.1 Å². The zero-order valence-electron chi connectivity index (χ0n) is 8.56. The van der Waals surface area contributed by atoms with Crippen molar-refractivity contribution in [2.45, 2.75) is 12.8 Å². The number of rotatable bonds is 5. The average Bonchev–Trinajstić information content (AvgIpc) is 2.87. The summed E-state index contributed by atoms with van der Waals surface area (Å²) < 4.78 is 10.6. The van der Waals surface area contributed by atoms with Gasteiger partial charge in [-0.2, -0.15) is 0 Å². The van der Waals surface area contributed by atoms with Crippen LogP contribution in [0.3, 0.4) is 0 Å². The van der Waals surface area contributed by atoms with E-state index in [1.165, 1.54) is 0 Å². The van der Waals surface area contributed by atoms with Crippen LogP contribution in [0.5, 0.6) is 0 Å². The minimum atomic E-state index is 0.444. The molecule has 5 nitrogen and oxygen atoms in total. The summed E-state index contributed by atoms with van der Waals surface area (Å²) >= 11 is 0. The van der Waals surface area contributed by atoms with Gasteiger partial charge in [-0.3, -0.25) is 0 Å². The van der Waals surface area contributed by atoms with Crippen molar-refractivity contribution >= 4 is 0 Å². The maximum atomic E-state index is 5.43. The third kappa shape index (κ3) is 2.44. The van der Waals surface area contributed by atoms with Crippen LogP contribution in [0.4, 0.5) is 0 Å². The molecule has 2 rings (SSSR count). The van der Waals surface area contributed by atoms with Gasteiger partial charge in [0.1, 0.15) is 0 Å². The molecule has 0 aliphatic rings. The Morgan fingerprint density at radius 2 is 2.33 bits per heavy atom. The standard InChI is InChI=1S/C10H13N3O2/c1-11-6-2-5-9-12-13-10(15-9)8-4-3-7-14-8/h3-4,7,11H,2,5-6H2,1H3. The fraction of sp³-hybridized carbons (Fsp3) is 0.400. The lowest BCUT2D eigenvalue weighted by molar-refractivity contribution is 0.473. The molecule has 15 heavy (non-hydrogen) atoms. The van der Waals surface area contributed by atoms with Gasteiger partial charge in [0, 0.05) is 6.42 Å². The number of nitrogens with zero attached hydrogens (tertiary/aromatic N) is 2. The molecule has 0 aliphatic heterocycles. The number of aromatic nitrogens is 2. The van der Waals surface area contributed by atoms with Gasteiger partial charge < -0.3 is 14.2 Å². The second-order valence-electron chi connectivity index (χ2n) is 3.19. The maximum Gasteiger partial charge on any atom is 0.283 e. The molecule has 0 fully saturated rings. The lowest BCUT2D eigenvalue weighted by atomic mass is 10.3. The van der Waals surface area contributed by atoms with E-state index in [1.807, 2.05) is 7.05 Å². The van der Waals surface area contributed by atoms with Gasteiger partial charge in [0.25, 0.3) is 5.89 Å². The summed E-state index contributed by atoms with van der Waals surface area (Å²) in [6.45, 7) is 0.943. The minimum Gasteiger partial charge on any atom is -0.459 e. The first-order chi connectivity index (χ1) is 7.40. The number of nitrogens with one attached hydrogen (secondary N) is 1. The van der Waals surface area contributed by atoms with Gasteiger partial charge in [0.15, 0.2) is 5.76 Å². The summed E-state index contributed by atoms with van der Waals surface area (Å²) in [5.41, 5.74) is 0. The first-order valence-electron chi connectivity index (χ1n) is 4.91. The Labute approximate surface area is 87.5 Å². The Morgan fingerprint density at radius 1 is 1.40 bits per heavy atom. The highest BCUT2D eigenvalue weighted by molar-refractivity contribution is 5.42. The van der Waals surface area contributed by atoms with Gasteiger partial charge in [-0.1, -0.05) is 0 Å². The smallest absolute Gasteiger partial charge is 0.283 e. The molecule has 0 spiro atoms. The van der Waals surface area contributed by atoms with Gasteiger partial charge >= 0.3 is 0 Å². The molecule has 0 aliphatic carbocycles. The quantitative estimate of drug-likeness (QED) is 0.752. The van der Waals surface area contributed by atoms with Gasteiger partial charge in [-0.15, -0.1) is 10.2 Å². The summed E-state index contributed by atoms with van der Waals surface area (Å²) in [6, 6.07) is 3.59. The zero-order valence-corrected chi connectivity index (χ0v) is 8.56. The highest BCUT2D eigenvalue weighted by Crippen LogP contribution is 2.18. The molecule has 0 radical (unpaired) electrons. The first-order valence-corrected chi connectivity index (χ1v) is 4.91. The Balaban J connectivity index is 1.98. The summed E-state index contributed by atoms with van der Waals surface area (Å²) in [7, 11) is 1.92. The van der Waals surface area contributed by atoms with Crippen LogP contribution < -0.4 is 5.32 Å². The van der Waals surface area contributed by atoms with E-state index in [1.54, 1.807) is 18.4 Å². The first kappa shape index (κ1) is 9.92. The molecule has 80 valence electrons. The Kier molecular flexibility index (Phi) is 3.14. The molecule has 2 aromatic heterocycles. The minimum absolute atomic E-state index is 0.444. The van der Waals surface area contributed by atoms with Crippen LogP contribution in [0, 0.1) is 0 Å². The number of hydrogen-bond donors (Lipinski definition) is 1. The zero-order chi connectivity index (χ0) is 10.5. The van der Waals surface area contributed by atoms with Crippen molar-refractivity contribution in [3.05, 3.63) is 24.3 Å². The second kappa shape index (κ2) is 4.75. The molecular formula is C10H13N3O2. The third-order valence-corrected chi connectivity index (χ3v) is 2.02. The molecule has 0 saturated carbocycles. The summed E-state index contributed by atoms with van der Waals surface area (Å²) in [5, 5.41) is 10.9. The Hall–Kier alpha value is -1.62. The lowest BCUT2D eigenvalue weighted by Crippen LogP contribution is -2.08. The second-order valence-corrected chi connectivity index (χ2v) is 3.19. The van der Waals surface area contributed by atoms with E-state index >= 15 is 0 Å². The summed E-state index contributed by atoms with van der Waals surface area (Å²) in [6.07, 6.45) is 3.35. The van der Waals surface area contributed by atoms with Crippen molar-refractivity contribution in [3.63, 3.8) is 0 Å². The average molecular weight is 207 g/mol. The SMILES string of the molecule is CNCCCc1nnc(-c2ccco2)o1. The molecule has 0 atom stereocenters. The highest BCUT2D eigenvalue weighted by atomic mass is 16.4. The van der Waals surface area contributed by atoms with E-state index in [9.17, 15) is 0 Å². The van der Waals surface area contributed by atoms with Crippen molar-refractivity contribution in [1.82, 2.24) is 15.5 Å². The number of furan rings is 1. The predicted molar refractivity (Wildman–Crippen MR) is 54.2 cm³/mol. The monoisotopic (exact) mass is 207 g/mol. The van der Waals surface area contributed by atoms with E-state index in [-0.39, 0.29) is 0 Å². The molecule has 0 amide bonds. The van der Waals surface area contributed by atoms with Crippen LogP contribution >= 0.6 is 0 Å². The van der Waals surface area contributed by atoms with Crippen LogP contribution in [0.25, 0.3) is 11.7 Å². The van der Waals surface area contributed by atoms with Gasteiger partial charge in [0.05, 0.1) is 6.26 Å². The van der Waals surface area contributed by atoms with Crippen molar-refractivity contribution in [3.8, 4) is 11.7 Å². The predicted octanol–water partition coefficient (Wildman–Crippen LogP) is 1.48. The molecule has 5 heteroatoms. The molecule has 1 N–H and O–H groups in total. The van der Waals surface area contributed by atoms with E-state index in [0.717, 1.165) is 19.4 Å². The van der Waals surface area contributed by atoms with Crippen LogP contribution in [-0.4, -0.2) is 23.8 Å². The van der Waals surface area contributed by atoms with Gasteiger partial charge in [-0.25, -0.2) is 0 Å². The molecule has 2 heterocycles. The van der Waals surface area contributed by atoms with E-state index < -0.39 is 0 Å². The summed E-state index contributed by atoms with van der Waals surface area (Å²) in [5.74, 6) is 1.71. The van der Waals surface area contributed by atoms with Crippen molar-refractivity contribution in [2.75, 3.05) is 13.6 Å². The molecule has 0 saturated heterocycles. The van der Waals surface area contributed by atoms with Crippen LogP contribution in [-0.2, 0) is 6.42 Å². The van der Waals surface area contributed by atoms with Crippen LogP contribution in [0.15, 0.2) is 27.2 Å². The molecule has 2 aromatic rings. The molecule has 0 unspecified atom stereocenters. The molecule has 0 bridgehead atoms. The number of aryl methyl sites for hydroxylation is 1. The fourth-order valence-corrected chi connectivity index (χ4v) is 1.27. The van der Waals surface area contributed by atoms with Crippen molar-refractivity contribution in [1.29, 1.82) is 0 Å². The molecular weight excluding hydrogens is 194 g/mol. The van der Waals surface area contributed by atoms with Crippen LogP contribution in [0.1, 0.15) is 12.3 Å². The van der Waals surface area contributed by atoms with Crippen LogP contribution in [0.2, 0.25) is 0 Å². The summed E-state index contributed by atoms with van der Waals surface area (Å²) in [4.78, 5) is 0. The Bertz CT molecular complexity index is 394. The van der Waals surface area contributed by atoms with E-state index in [0.29, 0.717) is 17.5 Å². The third-order valence-electron chi connectivity index (χ3n) is 2.02. The lowest BCUT2D eigenvalue weighted by Gasteiger charge is -1.93. The van der Waals surface area contributed by atoms with Crippen molar-refractivity contribution in [2.24, 2.45) is 0 Å². The Morgan fingerprint density at radius 3 is 3.07 bits per heavy atom. The fourth-order valence-electron chi connectivity index (χ4n) is 1.27. The van der Waals surface area contributed by atoms with E-state index in [4.69, 9.17) is 8.83 Å².